The summed E-state index contributed by atoms with van der Waals surface area (Å²) >= 11 is 8.11. The van der Waals surface area contributed by atoms with Gasteiger partial charge >= 0.3 is 10.8 Å². The normalized spacial score (nSPS) is 21.0. The quantitative estimate of drug-likeness (QED) is 0.290. The first-order valence-corrected chi connectivity index (χ1v) is 14.2. The minimum atomic E-state index is -3.74. The molecule has 34 heavy (non-hydrogen) atoms. The van der Waals surface area contributed by atoms with Gasteiger partial charge in [0.25, 0.3) is 10.1 Å². The molecule has 1 fully saturated rings. The molecule has 4 rings (SSSR count). The lowest BCUT2D eigenvalue weighted by molar-refractivity contribution is -0.148. The second-order valence-electron chi connectivity index (χ2n) is 7.64. The number of ether oxygens (including phenoxy) is 2. The zero-order valence-electron chi connectivity index (χ0n) is 17.9. The lowest BCUT2D eigenvalue weighted by Crippen LogP contribution is -2.34. The molecule has 1 saturated heterocycles. The fourth-order valence-electron chi connectivity index (χ4n) is 3.51. The lowest BCUT2D eigenvalue weighted by Gasteiger charge is -2.17. The van der Waals surface area contributed by atoms with E-state index < -0.39 is 34.1 Å². The minimum Gasteiger partial charge on any atom is -0.456 e. The van der Waals surface area contributed by atoms with Gasteiger partial charge in [0.05, 0.1) is 30.2 Å². The Labute approximate surface area is 207 Å². The molecule has 0 amide bonds. The molecule has 10 nitrogen and oxygen atoms in total. The van der Waals surface area contributed by atoms with Crippen LogP contribution in [0.1, 0.15) is 12.8 Å². The van der Waals surface area contributed by atoms with E-state index in [1.54, 1.807) is 9.36 Å². The summed E-state index contributed by atoms with van der Waals surface area (Å²) in [6, 6.07) is 2.51. The van der Waals surface area contributed by atoms with Crippen LogP contribution in [0.25, 0.3) is 0 Å². The van der Waals surface area contributed by atoms with Crippen LogP contribution in [0.15, 0.2) is 26.8 Å². The Hall–Kier alpha value is -1.71. The second-order valence-corrected chi connectivity index (χ2v) is 11.6. The topological polar surface area (TPSA) is 118 Å². The first-order chi connectivity index (χ1) is 16.1. The fraction of sp³-hybridized carbons (Fsp3) is 0.526. The van der Waals surface area contributed by atoms with Crippen molar-refractivity contribution in [1.29, 1.82) is 0 Å². The van der Waals surface area contributed by atoms with Crippen molar-refractivity contribution < 1.29 is 31.3 Å². The number of carbonyl (C=O) groups is 1. The van der Waals surface area contributed by atoms with Gasteiger partial charge in [0.15, 0.2) is 6.10 Å². The third kappa shape index (κ3) is 6.10. The maximum Gasteiger partial charge on any atom is 0.325 e. The number of rotatable bonds is 7. The molecule has 15 heteroatoms. The molecule has 3 heterocycles. The first-order valence-electron chi connectivity index (χ1n) is 10.2. The van der Waals surface area contributed by atoms with Gasteiger partial charge in [-0.05, 0) is 36.3 Å². The largest absolute Gasteiger partial charge is 0.456 e. The summed E-state index contributed by atoms with van der Waals surface area (Å²) in [6.45, 7) is 1.22. The highest BCUT2D eigenvalue weighted by atomic mass is 35.5. The summed E-state index contributed by atoms with van der Waals surface area (Å²) in [5.74, 6) is -1.47. The average molecular weight is 554 g/mol. The number of aromatic nitrogens is 2. The molecular formula is C19H21ClFN3O7S3. The van der Waals surface area contributed by atoms with Crippen LogP contribution in [0.4, 0.5) is 10.1 Å². The van der Waals surface area contributed by atoms with Crippen LogP contribution in [0.3, 0.4) is 0 Å². The predicted octanol–water partition coefficient (Wildman–Crippen LogP) is 1.91. The van der Waals surface area contributed by atoms with E-state index in [4.69, 9.17) is 25.3 Å². The Morgan fingerprint density at radius 2 is 2.00 bits per heavy atom. The number of esters is 1. The van der Waals surface area contributed by atoms with Crippen LogP contribution in [0.5, 0.6) is 0 Å². The van der Waals surface area contributed by atoms with Crippen molar-refractivity contribution in [2.24, 2.45) is 4.99 Å². The van der Waals surface area contributed by atoms with E-state index in [1.807, 2.05) is 0 Å². The number of fused-ring (bicyclic) bond motifs is 1. The van der Waals surface area contributed by atoms with E-state index >= 15 is 0 Å². The molecule has 2 aromatic rings. The Morgan fingerprint density at radius 1 is 1.29 bits per heavy atom. The highest BCUT2D eigenvalue weighted by molar-refractivity contribution is 8.00. The molecular weight excluding hydrogens is 533 g/mol. The molecule has 0 radical (unpaired) electrons. The molecule has 186 valence electrons. The molecule has 0 aliphatic carbocycles. The van der Waals surface area contributed by atoms with Crippen molar-refractivity contribution in [2.45, 2.75) is 43.0 Å². The van der Waals surface area contributed by atoms with E-state index in [2.05, 4.69) is 4.99 Å². The molecule has 1 aromatic carbocycles. The van der Waals surface area contributed by atoms with Crippen LogP contribution in [0, 0.1) is 5.82 Å². The van der Waals surface area contributed by atoms with Gasteiger partial charge < -0.3 is 9.47 Å². The number of thioether (sulfide) groups is 1. The number of benzene rings is 1. The third-order valence-corrected chi connectivity index (χ3v) is 7.93. The van der Waals surface area contributed by atoms with Gasteiger partial charge in [-0.25, -0.2) is 14.1 Å². The summed E-state index contributed by atoms with van der Waals surface area (Å²) < 4.78 is 55.9. The van der Waals surface area contributed by atoms with Crippen molar-refractivity contribution in [2.75, 3.05) is 25.2 Å². The monoisotopic (exact) mass is 553 g/mol. The van der Waals surface area contributed by atoms with Crippen molar-refractivity contribution in [3.63, 3.8) is 0 Å². The maximum absolute atomic E-state index is 14.6. The zero-order valence-corrected chi connectivity index (χ0v) is 21.1. The van der Waals surface area contributed by atoms with Crippen LogP contribution in [0.2, 0.25) is 5.02 Å². The Kier molecular flexibility index (Phi) is 7.84. The smallest absolute Gasteiger partial charge is 0.325 e. The predicted molar refractivity (Wildman–Crippen MR) is 124 cm³/mol. The van der Waals surface area contributed by atoms with Gasteiger partial charge in [0.2, 0.25) is 4.80 Å². The van der Waals surface area contributed by atoms with Gasteiger partial charge in [-0.15, -0.1) is 11.8 Å². The SMILES string of the molecule is CS(=O)(=O)OC1COCC1OC(=O)CSc1cc(N=c2sc(=O)n3n2CCCC3)c(F)cc1Cl. The molecule has 0 bridgehead atoms. The van der Waals surface area contributed by atoms with Crippen molar-refractivity contribution in [1.82, 2.24) is 9.36 Å². The number of hydrogen-bond donors (Lipinski definition) is 0. The fourth-order valence-corrected chi connectivity index (χ4v) is 6.08. The van der Waals surface area contributed by atoms with Crippen LogP contribution < -0.4 is 9.67 Å². The second kappa shape index (κ2) is 10.5. The molecule has 2 aliphatic rings. The summed E-state index contributed by atoms with van der Waals surface area (Å²) in [5.41, 5.74) is -0.00574. The highest BCUT2D eigenvalue weighted by Crippen LogP contribution is 2.33. The number of nitrogens with zero attached hydrogens (tertiary/aromatic N) is 3. The first kappa shape index (κ1) is 25.4. The maximum atomic E-state index is 14.6. The third-order valence-electron chi connectivity index (χ3n) is 5.01. The molecule has 0 N–H and O–H groups in total. The number of halogens is 2. The summed E-state index contributed by atoms with van der Waals surface area (Å²) in [6.07, 6.45) is 0.925. The van der Waals surface area contributed by atoms with Crippen LogP contribution in [-0.4, -0.2) is 61.2 Å². The summed E-state index contributed by atoms with van der Waals surface area (Å²) in [4.78, 5) is 29.5. The van der Waals surface area contributed by atoms with E-state index in [9.17, 15) is 22.4 Å². The van der Waals surface area contributed by atoms with E-state index in [-0.39, 0.29) is 34.5 Å². The standard InChI is InChI=1S/C19H21ClFN3O7S3/c1-34(27,28)31-15-9-29-8-14(15)30-17(25)10-32-16-7-13(12(21)6-11(16)20)22-18-23-4-2-3-5-24(23)19(26)33-18/h6-7,14-15H,2-5,8-10H2,1H3. The van der Waals surface area contributed by atoms with Crippen LogP contribution >= 0.6 is 34.7 Å². The summed E-state index contributed by atoms with van der Waals surface area (Å²) in [7, 11) is -3.74. The van der Waals surface area contributed by atoms with Crippen molar-refractivity contribution >= 4 is 56.5 Å². The molecule has 2 unspecified atom stereocenters. The van der Waals surface area contributed by atoms with Gasteiger partial charge in [0, 0.05) is 18.0 Å². The number of hydrogen-bond acceptors (Lipinski definition) is 10. The molecule has 1 aromatic heterocycles. The Balaban J connectivity index is 1.47. The Morgan fingerprint density at radius 3 is 2.74 bits per heavy atom. The van der Waals surface area contributed by atoms with Gasteiger partial charge in [-0.3, -0.25) is 18.5 Å². The van der Waals surface area contributed by atoms with Crippen molar-refractivity contribution in [3.05, 3.63) is 37.4 Å². The van der Waals surface area contributed by atoms with Crippen LogP contribution in [-0.2, 0) is 41.7 Å². The van der Waals surface area contributed by atoms with Gasteiger partial charge in [0.1, 0.15) is 17.6 Å². The Bertz CT molecular complexity index is 1320. The van der Waals surface area contributed by atoms with E-state index in [0.29, 0.717) is 22.8 Å². The molecule has 2 atom stereocenters. The zero-order chi connectivity index (χ0) is 24.5. The summed E-state index contributed by atoms with van der Waals surface area (Å²) in [5, 5.41) is 0.0940. The van der Waals surface area contributed by atoms with E-state index in [0.717, 1.165) is 48.3 Å². The number of carbonyl (C=O) groups excluding carboxylic acids is 1. The highest BCUT2D eigenvalue weighted by Gasteiger charge is 2.35. The molecule has 0 spiro atoms. The molecule has 2 aliphatic heterocycles. The van der Waals surface area contributed by atoms with Gasteiger partial charge in [-0.1, -0.05) is 11.6 Å². The van der Waals surface area contributed by atoms with E-state index in [1.165, 1.54) is 6.07 Å². The minimum absolute atomic E-state index is 0.00574. The average Bonchev–Trinajstić information content (AvgIpc) is 3.32. The van der Waals surface area contributed by atoms with Crippen molar-refractivity contribution in [3.8, 4) is 0 Å². The lowest BCUT2D eigenvalue weighted by atomic mass is 10.3. The molecule has 0 saturated carbocycles. The van der Waals surface area contributed by atoms with Gasteiger partial charge in [-0.2, -0.15) is 8.42 Å².